The molecule has 2 aromatic heterocycles. The SMILES string of the molecule is Cc1ccc(-c2csc3ncn(CC(=O)OCc4ccccc4)c(=O)c23)c(C)c1. The van der Waals surface area contributed by atoms with Gasteiger partial charge in [0.1, 0.15) is 18.0 Å². The molecule has 4 aromatic rings. The average Bonchev–Trinajstić information content (AvgIpc) is 3.14. The highest BCUT2D eigenvalue weighted by Gasteiger charge is 2.16. The van der Waals surface area contributed by atoms with Crippen LogP contribution in [0.3, 0.4) is 0 Å². The fraction of sp³-hybridized carbons (Fsp3) is 0.174. The molecule has 0 aliphatic rings. The van der Waals surface area contributed by atoms with Crippen molar-refractivity contribution in [3.63, 3.8) is 0 Å². The summed E-state index contributed by atoms with van der Waals surface area (Å²) >= 11 is 1.43. The predicted octanol–water partition coefficient (Wildman–Crippen LogP) is 4.49. The number of rotatable bonds is 5. The van der Waals surface area contributed by atoms with Gasteiger partial charge in [-0.3, -0.25) is 14.2 Å². The number of thiophene rings is 1. The van der Waals surface area contributed by atoms with Gasteiger partial charge < -0.3 is 4.74 Å². The lowest BCUT2D eigenvalue weighted by Gasteiger charge is -2.08. The molecule has 0 radical (unpaired) electrons. The summed E-state index contributed by atoms with van der Waals surface area (Å²) in [5.41, 5.74) is 4.79. The van der Waals surface area contributed by atoms with E-state index in [1.807, 2.05) is 61.7 Å². The van der Waals surface area contributed by atoms with Crippen molar-refractivity contribution in [1.29, 1.82) is 0 Å². The van der Waals surface area contributed by atoms with Crippen LogP contribution >= 0.6 is 11.3 Å². The number of carbonyl (C=O) groups is 1. The standard InChI is InChI=1S/C23H20N2O3S/c1-15-8-9-18(16(2)10-15)19-13-29-22-21(19)23(27)25(14-24-22)11-20(26)28-12-17-6-4-3-5-7-17/h3-10,13-14H,11-12H2,1-2H3. The number of aromatic nitrogens is 2. The van der Waals surface area contributed by atoms with Crippen LogP contribution in [0.25, 0.3) is 21.3 Å². The molecule has 2 heterocycles. The Kier molecular flexibility index (Phi) is 5.27. The Balaban J connectivity index is 1.62. The second-order valence-corrected chi connectivity index (χ2v) is 7.83. The van der Waals surface area contributed by atoms with Gasteiger partial charge in [0.05, 0.1) is 11.7 Å². The first kappa shape index (κ1) is 19.1. The monoisotopic (exact) mass is 404 g/mol. The van der Waals surface area contributed by atoms with Gasteiger partial charge in [-0.25, -0.2) is 4.98 Å². The van der Waals surface area contributed by atoms with Gasteiger partial charge >= 0.3 is 5.97 Å². The zero-order chi connectivity index (χ0) is 20.4. The zero-order valence-electron chi connectivity index (χ0n) is 16.2. The minimum absolute atomic E-state index is 0.170. The lowest BCUT2D eigenvalue weighted by atomic mass is 9.99. The van der Waals surface area contributed by atoms with Gasteiger partial charge in [0.2, 0.25) is 0 Å². The third-order valence-corrected chi connectivity index (χ3v) is 5.66. The minimum Gasteiger partial charge on any atom is -0.459 e. The van der Waals surface area contributed by atoms with E-state index in [1.165, 1.54) is 27.8 Å². The van der Waals surface area contributed by atoms with Gasteiger partial charge in [-0.2, -0.15) is 0 Å². The summed E-state index contributed by atoms with van der Waals surface area (Å²) in [6.45, 7) is 4.08. The molecule has 29 heavy (non-hydrogen) atoms. The van der Waals surface area contributed by atoms with Gasteiger partial charge in [0.15, 0.2) is 0 Å². The molecule has 0 spiro atoms. The van der Waals surface area contributed by atoms with Crippen molar-refractivity contribution in [1.82, 2.24) is 9.55 Å². The maximum Gasteiger partial charge on any atom is 0.326 e. The number of esters is 1. The number of ether oxygens (including phenoxy) is 1. The van der Waals surface area contributed by atoms with Crippen LogP contribution in [0.5, 0.6) is 0 Å². The van der Waals surface area contributed by atoms with E-state index in [9.17, 15) is 9.59 Å². The molecule has 0 bridgehead atoms. The molecular formula is C23H20N2O3S. The second-order valence-electron chi connectivity index (χ2n) is 6.97. The Morgan fingerprint density at radius 2 is 1.90 bits per heavy atom. The summed E-state index contributed by atoms with van der Waals surface area (Å²) in [7, 11) is 0. The highest BCUT2D eigenvalue weighted by Crippen LogP contribution is 2.32. The van der Waals surface area contributed by atoms with Crippen LogP contribution < -0.4 is 5.56 Å². The smallest absolute Gasteiger partial charge is 0.326 e. The molecule has 0 atom stereocenters. The maximum absolute atomic E-state index is 13.1. The number of fused-ring (bicyclic) bond motifs is 1. The third kappa shape index (κ3) is 3.98. The summed E-state index contributed by atoms with van der Waals surface area (Å²) in [6, 6.07) is 15.6. The van der Waals surface area contributed by atoms with Crippen LogP contribution in [-0.2, 0) is 22.7 Å². The quantitative estimate of drug-likeness (QED) is 0.460. The molecule has 5 nitrogen and oxygen atoms in total. The summed E-state index contributed by atoms with van der Waals surface area (Å²) < 4.78 is 6.62. The van der Waals surface area contributed by atoms with E-state index in [0.717, 1.165) is 22.3 Å². The molecular weight excluding hydrogens is 384 g/mol. The zero-order valence-corrected chi connectivity index (χ0v) is 17.0. The summed E-state index contributed by atoms with van der Waals surface area (Å²) in [5.74, 6) is -0.472. The Morgan fingerprint density at radius 1 is 1.10 bits per heavy atom. The first-order valence-corrected chi connectivity index (χ1v) is 10.1. The van der Waals surface area contributed by atoms with Gasteiger partial charge in [-0.1, -0.05) is 54.1 Å². The molecule has 6 heteroatoms. The minimum atomic E-state index is -0.472. The fourth-order valence-electron chi connectivity index (χ4n) is 3.32. The van der Waals surface area contributed by atoms with Crippen molar-refractivity contribution >= 4 is 27.5 Å². The van der Waals surface area contributed by atoms with Crippen LogP contribution in [-0.4, -0.2) is 15.5 Å². The molecule has 0 saturated heterocycles. The molecule has 0 aliphatic carbocycles. The first-order valence-electron chi connectivity index (χ1n) is 9.27. The third-order valence-electron chi connectivity index (χ3n) is 4.77. The van der Waals surface area contributed by atoms with E-state index >= 15 is 0 Å². The summed E-state index contributed by atoms with van der Waals surface area (Å²) in [5, 5.41) is 2.50. The molecule has 2 aromatic carbocycles. The van der Waals surface area contributed by atoms with E-state index in [1.54, 1.807) is 0 Å². The lowest BCUT2D eigenvalue weighted by molar-refractivity contribution is -0.145. The molecule has 0 saturated carbocycles. The van der Waals surface area contributed by atoms with Crippen molar-refractivity contribution < 1.29 is 9.53 Å². The highest BCUT2D eigenvalue weighted by atomic mass is 32.1. The molecule has 0 fully saturated rings. The van der Waals surface area contributed by atoms with Crippen molar-refractivity contribution in [2.75, 3.05) is 0 Å². The molecule has 0 N–H and O–H groups in total. The Bertz CT molecular complexity index is 1240. The van der Waals surface area contributed by atoms with Crippen LogP contribution in [0.1, 0.15) is 16.7 Å². The van der Waals surface area contributed by atoms with Crippen LogP contribution in [0, 0.1) is 13.8 Å². The first-order chi connectivity index (χ1) is 14.0. The molecule has 146 valence electrons. The largest absolute Gasteiger partial charge is 0.459 e. The molecule has 4 rings (SSSR count). The van der Waals surface area contributed by atoms with Gasteiger partial charge in [0.25, 0.3) is 5.56 Å². The molecule has 0 aliphatic heterocycles. The van der Waals surface area contributed by atoms with Crippen LogP contribution in [0.15, 0.2) is 65.0 Å². The Labute approximate surface area is 172 Å². The van der Waals surface area contributed by atoms with Gasteiger partial charge in [-0.15, -0.1) is 11.3 Å². The van der Waals surface area contributed by atoms with Crippen molar-refractivity contribution in [3.05, 3.63) is 87.3 Å². The average molecular weight is 404 g/mol. The normalized spacial score (nSPS) is 11.0. The number of nitrogens with zero attached hydrogens (tertiary/aromatic N) is 2. The van der Waals surface area contributed by atoms with Gasteiger partial charge in [-0.05, 0) is 30.5 Å². The molecule has 0 amide bonds. The molecule has 0 unspecified atom stereocenters. The Hall–Kier alpha value is -3.25. The number of aryl methyl sites for hydroxylation is 2. The number of benzene rings is 2. The fourth-order valence-corrected chi connectivity index (χ4v) is 4.21. The van der Waals surface area contributed by atoms with E-state index < -0.39 is 5.97 Å². The number of carbonyl (C=O) groups excluding carboxylic acids is 1. The Morgan fingerprint density at radius 3 is 2.66 bits per heavy atom. The van der Waals surface area contributed by atoms with E-state index in [0.29, 0.717) is 10.2 Å². The predicted molar refractivity (Wildman–Crippen MR) is 115 cm³/mol. The lowest BCUT2D eigenvalue weighted by Crippen LogP contribution is -2.25. The number of hydrogen-bond acceptors (Lipinski definition) is 5. The number of hydrogen-bond donors (Lipinski definition) is 0. The summed E-state index contributed by atoms with van der Waals surface area (Å²) in [6.07, 6.45) is 1.41. The summed E-state index contributed by atoms with van der Waals surface area (Å²) in [4.78, 5) is 30.4. The maximum atomic E-state index is 13.1. The van der Waals surface area contributed by atoms with Crippen molar-refractivity contribution in [2.45, 2.75) is 27.0 Å². The topological polar surface area (TPSA) is 61.2 Å². The van der Waals surface area contributed by atoms with E-state index in [-0.39, 0.29) is 18.7 Å². The van der Waals surface area contributed by atoms with Crippen LogP contribution in [0.4, 0.5) is 0 Å². The van der Waals surface area contributed by atoms with E-state index in [2.05, 4.69) is 11.1 Å². The van der Waals surface area contributed by atoms with Crippen LogP contribution in [0.2, 0.25) is 0 Å². The van der Waals surface area contributed by atoms with E-state index in [4.69, 9.17) is 4.74 Å². The van der Waals surface area contributed by atoms with Gasteiger partial charge in [0, 0.05) is 10.9 Å². The highest BCUT2D eigenvalue weighted by molar-refractivity contribution is 7.17. The second kappa shape index (κ2) is 8.01. The van der Waals surface area contributed by atoms with Crippen molar-refractivity contribution in [2.24, 2.45) is 0 Å². The van der Waals surface area contributed by atoms with Crippen molar-refractivity contribution in [3.8, 4) is 11.1 Å².